The lowest BCUT2D eigenvalue weighted by Crippen LogP contribution is -2.46. The molecule has 6 N–H and O–H groups in total. The second kappa shape index (κ2) is 7.39. The summed E-state index contributed by atoms with van der Waals surface area (Å²) >= 11 is 0. The molecule has 0 spiro atoms. The molecule has 1 aromatic carbocycles. The molecule has 0 aromatic heterocycles. The van der Waals surface area contributed by atoms with Gasteiger partial charge in [-0.15, -0.1) is 0 Å². The Labute approximate surface area is 122 Å². The van der Waals surface area contributed by atoms with Crippen LogP contribution in [0.4, 0.5) is 0 Å². The minimum Gasteiger partial charge on any atom is -0.480 e. The van der Waals surface area contributed by atoms with Crippen molar-refractivity contribution < 1.29 is 19.5 Å². The van der Waals surface area contributed by atoms with E-state index in [0.717, 1.165) is 5.56 Å². The van der Waals surface area contributed by atoms with Gasteiger partial charge in [-0.1, -0.05) is 37.3 Å². The fraction of sp³-hybridized carbons (Fsp3) is 0.357. The van der Waals surface area contributed by atoms with Gasteiger partial charge in [0.05, 0.1) is 12.3 Å². The summed E-state index contributed by atoms with van der Waals surface area (Å²) in [5.74, 6) is -3.31. The van der Waals surface area contributed by atoms with Gasteiger partial charge in [0.25, 0.3) is 0 Å². The molecule has 0 heterocycles. The van der Waals surface area contributed by atoms with Gasteiger partial charge in [0.1, 0.15) is 6.04 Å². The average molecular weight is 293 g/mol. The fourth-order valence-corrected chi connectivity index (χ4v) is 1.83. The minimum absolute atomic E-state index is 0.464. The number of amides is 2. The third-order valence-corrected chi connectivity index (χ3v) is 3.16. The zero-order chi connectivity index (χ0) is 16.0. The molecular formula is C14H19N3O4. The van der Waals surface area contributed by atoms with Crippen molar-refractivity contribution in [1.82, 2.24) is 5.32 Å². The zero-order valence-corrected chi connectivity index (χ0v) is 11.7. The molecule has 114 valence electrons. The highest BCUT2D eigenvalue weighted by atomic mass is 16.4. The Balaban J connectivity index is 2.73. The molecule has 0 aliphatic heterocycles. The molecule has 1 rings (SSSR count). The Kier molecular flexibility index (Phi) is 5.86. The summed E-state index contributed by atoms with van der Waals surface area (Å²) in [5.41, 5.74) is 11.7. The van der Waals surface area contributed by atoms with Crippen molar-refractivity contribution >= 4 is 17.8 Å². The maximum absolute atomic E-state index is 12.0. The van der Waals surface area contributed by atoms with E-state index in [-0.39, 0.29) is 0 Å². The summed E-state index contributed by atoms with van der Waals surface area (Å²) < 4.78 is 0. The zero-order valence-electron chi connectivity index (χ0n) is 11.7. The van der Waals surface area contributed by atoms with Crippen molar-refractivity contribution in [2.24, 2.45) is 17.4 Å². The van der Waals surface area contributed by atoms with Crippen molar-refractivity contribution in [2.75, 3.05) is 0 Å². The van der Waals surface area contributed by atoms with Crippen LogP contribution in [-0.4, -0.2) is 28.9 Å². The lowest BCUT2D eigenvalue weighted by Gasteiger charge is -2.22. The van der Waals surface area contributed by atoms with Gasteiger partial charge in [0, 0.05) is 6.04 Å². The third-order valence-electron chi connectivity index (χ3n) is 3.16. The summed E-state index contributed by atoms with van der Waals surface area (Å²) in [6, 6.07) is 7.07. The molecule has 2 amide bonds. The van der Waals surface area contributed by atoms with E-state index in [1.165, 1.54) is 0 Å². The number of rotatable bonds is 7. The number of carboxylic acids is 1. The van der Waals surface area contributed by atoms with Gasteiger partial charge in [-0.2, -0.15) is 0 Å². The number of benzene rings is 1. The van der Waals surface area contributed by atoms with Crippen LogP contribution in [0.25, 0.3) is 0 Å². The normalized spacial score (nSPS) is 14.8. The molecule has 21 heavy (non-hydrogen) atoms. The number of primary amides is 1. The Bertz CT molecular complexity index is 518. The van der Waals surface area contributed by atoms with Crippen LogP contribution in [0.15, 0.2) is 30.3 Å². The van der Waals surface area contributed by atoms with Crippen molar-refractivity contribution in [3.05, 3.63) is 35.9 Å². The largest absolute Gasteiger partial charge is 0.480 e. The van der Waals surface area contributed by atoms with E-state index < -0.39 is 42.2 Å². The predicted octanol–water partition coefficient (Wildman–Crippen LogP) is -0.233. The third kappa shape index (κ3) is 4.88. The predicted molar refractivity (Wildman–Crippen MR) is 75.9 cm³/mol. The van der Waals surface area contributed by atoms with Gasteiger partial charge in [0.15, 0.2) is 0 Å². The molecule has 7 heteroatoms. The summed E-state index contributed by atoms with van der Waals surface area (Å²) in [7, 11) is 0. The first-order valence-corrected chi connectivity index (χ1v) is 6.45. The van der Waals surface area contributed by atoms with Crippen LogP contribution in [0, 0.1) is 5.92 Å². The van der Waals surface area contributed by atoms with Gasteiger partial charge in [-0.3, -0.25) is 9.59 Å². The van der Waals surface area contributed by atoms with E-state index in [1.54, 1.807) is 31.2 Å². The van der Waals surface area contributed by atoms with Gasteiger partial charge >= 0.3 is 5.97 Å². The molecule has 0 radical (unpaired) electrons. The Morgan fingerprint density at radius 2 is 1.81 bits per heavy atom. The molecule has 2 unspecified atom stereocenters. The summed E-state index contributed by atoms with van der Waals surface area (Å²) in [6.45, 7) is 1.59. The molecule has 0 aliphatic rings. The lowest BCUT2D eigenvalue weighted by molar-refractivity contribution is -0.144. The summed E-state index contributed by atoms with van der Waals surface area (Å²) in [4.78, 5) is 33.8. The van der Waals surface area contributed by atoms with Crippen LogP contribution in [0.1, 0.15) is 24.9 Å². The topological polar surface area (TPSA) is 136 Å². The number of carbonyl (C=O) groups is 3. The molecule has 0 saturated carbocycles. The molecule has 7 nitrogen and oxygen atoms in total. The number of hydrogen-bond acceptors (Lipinski definition) is 4. The smallest absolute Gasteiger partial charge is 0.326 e. The van der Waals surface area contributed by atoms with Gasteiger partial charge in [-0.05, 0) is 5.56 Å². The van der Waals surface area contributed by atoms with Crippen LogP contribution >= 0.6 is 0 Å². The van der Waals surface area contributed by atoms with Gasteiger partial charge < -0.3 is 21.9 Å². The van der Waals surface area contributed by atoms with Crippen LogP contribution < -0.4 is 16.8 Å². The second-order valence-corrected chi connectivity index (χ2v) is 4.79. The highest BCUT2D eigenvalue weighted by molar-refractivity contribution is 5.89. The standard InChI is InChI=1S/C14H19N3O4/c1-8(12(16)9-5-3-2-4-6-9)13(19)17-10(14(20)21)7-11(15)18/h2-6,8,10,12H,7,16H2,1H3,(H2,15,18)(H,17,19)(H,20,21)/t8?,10-,12?/m0/s1. The van der Waals surface area contributed by atoms with Crippen molar-refractivity contribution in [2.45, 2.75) is 25.4 Å². The molecular weight excluding hydrogens is 274 g/mol. The number of aliphatic carboxylic acids is 1. The molecule has 0 bridgehead atoms. The summed E-state index contributed by atoms with van der Waals surface area (Å²) in [5, 5.41) is 11.2. The number of carbonyl (C=O) groups excluding carboxylic acids is 2. The van der Waals surface area contributed by atoms with Crippen LogP contribution in [0.3, 0.4) is 0 Å². The second-order valence-electron chi connectivity index (χ2n) is 4.79. The molecule has 0 aliphatic carbocycles. The van der Waals surface area contributed by atoms with E-state index in [0.29, 0.717) is 0 Å². The number of hydrogen-bond donors (Lipinski definition) is 4. The number of nitrogens with two attached hydrogens (primary N) is 2. The van der Waals surface area contributed by atoms with Crippen molar-refractivity contribution in [3.8, 4) is 0 Å². The summed E-state index contributed by atoms with van der Waals surface area (Å²) in [6.07, 6.45) is -0.464. The van der Waals surface area contributed by atoms with Crippen molar-refractivity contribution in [3.63, 3.8) is 0 Å². The quantitative estimate of drug-likeness (QED) is 0.550. The van der Waals surface area contributed by atoms with E-state index >= 15 is 0 Å². The Hall–Kier alpha value is -2.41. The Morgan fingerprint density at radius 1 is 1.24 bits per heavy atom. The molecule has 0 fully saturated rings. The van der Waals surface area contributed by atoms with E-state index in [9.17, 15) is 14.4 Å². The molecule has 3 atom stereocenters. The lowest BCUT2D eigenvalue weighted by atomic mass is 9.94. The number of nitrogens with one attached hydrogen (secondary N) is 1. The van der Waals surface area contributed by atoms with E-state index in [4.69, 9.17) is 16.6 Å². The highest BCUT2D eigenvalue weighted by Gasteiger charge is 2.27. The van der Waals surface area contributed by atoms with Crippen LogP contribution in [0.2, 0.25) is 0 Å². The first-order chi connectivity index (χ1) is 9.82. The average Bonchev–Trinajstić information content (AvgIpc) is 2.45. The van der Waals surface area contributed by atoms with Crippen LogP contribution in [0.5, 0.6) is 0 Å². The maximum atomic E-state index is 12.0. The van der Waals surface area contributed by atoms with Crippen molar-refractivity contribution in [1.29, 1.82) is 0 Å². The Morgan fingerprint density at radius 3 is 2.29 bits per heavy atom. The van der Waals surface area contributed by atoms with Gasteiger partial charge in [-0.25, -0.2) is 4.79 Å². The van der Waals surface area contributed by atoms with E-state index in [2.05, 4.69) is 5.32 Å². The molecule has 0 saturated heterocycles. The van der Waals surface area contributed by atoms with E-state index in [1.807, 2.05) is 6.07 Å². The SMILES string of the molecule is CC(C(=O)N[C@@H](CC(N)=O)C(=O)O)C(N)c1ccccc1. The molecule has 1 aromatic rings. The first-order valence-electron chi connectivity index (χ1n) is 6.45. The maximum Gasteiger partial charge on any atom is 0.326 e. The monoisotopic (exact) mass is 293 g/mol. The highest BCUT2D eigenvalue weighted by Crippen LogP contribution is 2.19. The first kappa shape index (κ1) is 16.6. The minimum atomic E-state index is -1.35. The number of carboxylic acid groups (broad SMARTS) is 1. The van der Waals surface area contributed by atoms with Gasteiger partial charge in [0.2, 0.25) is 11.8 Å². The van der Waals surface area contributed by atoms with Crippen LogP contribution in [-0.2, 0) is 14.4 Å². The fourth-order valence-electron chi connectivity index (χ4n) is 1.83.